The first kappa shape index (κ1) is 20.4. The number of aryl methyl sites for hydroxylation is 1. The first-order chi connectivity index (χ1) is 12.7. The Hall–Kier alpha value is -2.90. The van der Waals surface area contributed by atoms with Crippen LogP contribution < -0.4 is 10.6 Å². The lowest BCUT2D eigenvalue weighted by Crippen LogP contribution is -2.50. The van der Waals surface area contributed by atoms with Crippen molar-refractivity contribution < 1.29 is 23.9 Å². The molecular formula is C19H24FN3O4. The van der Waals surface area contributed by atoms with Gasteiger partial charge >= 0.3 is 5.97 Å². The highest BCUT2D eigenvalue weighted by atomic mass is 19.1. The van der Waals surface area contributed by atoms with Crippen LogP contribution in [0.1, 0.15) is 37.2 Å². The van der Waals surface area contributed by atoms with E-state index >= 15 is 0 Å². The van der Waals surface area contributed by atoms with Gasteiger partial charge in [-0.05, 0) is 30.2 Å². The number of benzene rings is 1. The molecule has 0 bridgehead atoms. The number of carboxylic acid groups (broad SMARTS) is 1. The minimum absolute atomic E-state index is 0.00963. The third kappa shape index (κ3) is 4.84. The summed E-state index contributed by atoms with van der Waals surface area (Å²) in [7, 11) is 1.69. The van der Waals surface area contributed by atoms with Crippen molar-refractivity contribution in [2.45, 2.75) is 32.7 Å². The maximum Gasteiger partial charge on any atom is 0.305 e. The number of amides is 2. The van der Waals surface area contributed by atoms with Gasteiger partial charge in [0.25, 0.3) is 5.91 Å². The zero-order chi connectivity index (χ0) is 20.1. The van der Waals surface area contributed by atoms with Gasteiger partial charge in [0.1, 0.15) is 17.6 Å². The summed E-state index contributed by atoms with van der Waals surface area (Å²) in [5, 5.41) is 14.5. The summed E-state index contributed by atoms with van der Waals surface area (Å²) in [5.74, 6) is -2.43. The van der Waals surface area contributed by atoms with E-state index in [0.29, 0.717) is 23.0 Å². The van der Waals surface area contributed by atoms with Crippen molar-refractivity contribution in [1.29, 1.82) is 0 Å². The molecule has 0 radical (unpaired) electrons. The van der Waals surface area contributed by atoms with E-state index in [1.165, 1.54) is 12.1 Å². The monoisotopic (exact) mass is 377 g/mol. The summed E-state index contributed by atoms with van der Waals surface area (Å²) < 4.78 is 15.1. The van der Waals surface area contributed by atoms with E-state index in [9.17, 15) is 18.8 Å². The number of aliphatic carboxylic acids is 1. The van der Waals surface area contributed by atoms with E-state index in [0.717, 1.165) is 0 Å². The summed E-state index contributed by atoms with van der Waals surface area (Å²) in [5.41, 5.74) is 1.01. The number of carbonyl (C=O) groups excluding carboxylic acids is 2. The van der Waals surface area contributed by atoms with Gasteiger partial charge in [-0.15, -0.1) is 0 Å². The van der Waals surface area contributed by atoms with Crippen LogP contribution in [-0.4, -0.2) is 40.0 Å². The number of hydrogen-bond acceptors (Lipinski definition) is 3. The van der Waals surface area contributed by atoms with Gasteiger partial charge in [0.2, 0.25) is 5.91 Å². The quantitative estimate of drug-likeness (QED) is 0.655. The number of aromatic nitrogens is 1. The van der Waals surface area contributed by atoms with E-state index in [4.69, 9.17) is 5.11 Å². The molecule has 0 aliphatic carbocycles. The summed E-state index contributed by atoms with van der Waals surface area (Å²) >= 11 is 0. The largest absolute Gasteiger partial charge is 0.481 e. The van der Waals surface area contributed by atoms with Crippen molar-refractivity contribution >= 4 is 28.7 Å². The fourth-order valence-corrected chi connectivity index (χ4v) is 2.86. The number of hydrogen-bond donors (Lipinski definition) is 3. The summed E-state index contributed by atoms with van der Waals surface area (Å²) in [4.78, 5) is 35.8. The SMILES string of the molecule is CCC(C)C(NC(=O)c1cc2cc(F)ccc2n1C)C(=O)NCCC(=O)O. The average Bonchev–Trinajstić information content (AvgIpc) is 2.94. The number of halogens is 1. The molecule has 0 saturated carbocycles. The van der Waals surface area contributed by atoms with E-state index in [2.05, 4.69) is 10.6 Å². The number of fused-ring (bicyclic) bond motifs is 1. The van der Waals surface area contributed by atoms with Crippen molar-refractivity contribution in [3.8, 4) is 0 Å². The molecule has 146 valence electrons. The fourth-order valence-electron chi connectivity index (χ4n) is 2.86. The molecule has 27 heavy (non-hydrogen) atoms. The lowest BCUT2D eigenvalue weighted by molar-refractivity contribution is -0.137. The fraction of sp³-hybridized carbons (Fsp3) is 0.421. The van der Waals surface area contributed by atoms with Crippen LogP contribution in [0.15, 0.2) is 24.3 Å². The predicted molar refractivity (Wildman–Crippen MR) is 98.8 cm³/mol. The standard InChI is InChI=1S/C19H24FN3O4/c1-4-11(2)17(19(27)21-8-7-16(24)25)22-18(26)15-10-12-9-13(20)5-6-14(12)23(15)3/h5-6,9-11,17H,4,7-8H2,1-3H3,(H,21,27)(H,22,26)(H,24,25). The Kier molecular flexibility index (Phi) is 6.55. The van der Waals surface area contributed by atoms with Gasteiger partial charge in [0, 0.05) is 24.5 Å². The van der Waals surface area contributed by atoms with Gasteiger partial charge in [-0.2, -0.15) is 0 Å². The van der Waals surface area contributed by atoms with Crippen molar-refractivity contribution in [2.24, 2.45) is 13.0 Å². The molecule has 1 heterocycles. The molecule has 2 rings (SSSR count). The number of nitrogens with one attached hydrogen (secondary N) is 2. The Bertz CT molecular complexity index is 862. The van der Waals surface area contributed by atoms with Crippen molar-refractivity contribution in [3.05, 3.63) is 35.8 Å². The highest BCUT2D eigenvalue weighted by Crippen LogP contribution is 2.20. The Labute approximate surface area is 156 Å². The zero-order valence-electron chi connectivity index (χ0n) is 15.6. The van der Waals surface area contributed by atoms with Gasteiger partial charge < -0.3 is 20.3 Å². The van der Waals surface area contributed by atoms with Crippen molar-refractivity contribution in [1.82, 2.24) is 15.2 Å². The molecule has 0 saturated heterocycles. The Morgan fingerprint density at radius 1 is 1.26 bits per heavy atom. The predicted octanol–water partition coefficient (Wildman–Crippen LogP) is 2.05. The molecular weight excluding hydrogens is 353 g/mol. The second-order valence-corrected chi connectivity index (χ2v) is 6.56. The summed E-state index contributed by atoms with van der Waals surface area (Å²) in [6.07, 6.45) is 0.458. The van der Waals surface area contributed by atoms with Crippen LogP contribution in [0.4, 0.5) is 4.39 Å². The molecule has 2 amide bonds. The minimum Gasteiger partial charge on any atom is -0.481 e. The minimum atomic E-state index is -1.01. The third-order valence-electron chi connectivity index (χ3n) is 4.66. The van der Waals surface area contributed by atoms with Crippen molar-refractivity contribution in [2.75, 3.05) is 6.54 Å². The molecule has 0 aliphatic heterocycles. The van der Waals surface area contributed by atoms with Crippen LogP contribution in [0.5, 0.6) is 0 Å². The molecule has 3 N–H and O–H groups in total. The van der Waals surface area contributed by atoms with E-state index in [1.54, 1.807) is 23.7 Å². The van der Waals surface area contributed by atoms with Crippen LogP contribution in [0.25, 0.3) is 10.9 Å². The lowest BCUT2D eigenvalue weighted by Gasteiger charge is -2.23. The molecule has 1 aromatic heterocycles. The third-order valence-corrected chi connectivity index (χ3v) is 4.66. The molecule has 0 aliphatic rings. The highest BCUT2D eigenvalue weighted by Gasteiger charge is 2.27. The molecule has 8 heteroatoms. The lowest BCUT2D eigenvalue weighted by atomic mass is 9.98. The molecule has 2 atom stereocenters. The van der Waals surface area contributed by atoms with Gasteiger partial charge in [-0.1, -0.05) is 20.3 Å². The number of carboxylic acids is 1. The van der Waals surface area contributed by atoms with E-state index < -0.39 is 29.6 Å². The molecule has 0 spiro atoms. The van der Waals surface area contributed by atoms with Crippen LogP contribution in [0.2, 0.25) is 0 Å². The maximum atomic E-state index is 13.4. The topological polar surface area (TPSA) is 100 Å². The molecule has 1 aromatic carbocycles. The average molecular weight is 377 g/mol. The first-order valence-corrected chi connectivity index (χ1v) is 8.80. The smallest absolute Gasteiger partial charge is 0.305 e. The van der Waals surface area contributed by atoms with Crippen LogP contribution in [-0.2, 0) is 16.6 Å². The highest BCUT2D eigenvalue weighted by molar-refractivity contribution is 6.00. The van der Waals surface area contributed by atoms with Gasteiger partial charge in [0.05, 0.1) is 6.42 Å². The van der Waals surface area contributed by atoms with Gasteiger partial charge in [-0.25, -0.2) is 4.39 Å². The number of rotatable bonds is 8. The first-order valence-electron chi connectivity index (χ1n) is 8.80. The molecule has 7 nitrogen and oxygen atoms in total. The number of carbonyl (C=O) groups is 3. The second kappa shape index (κ2) is 8.66. The zero-order valence-corrected chi connectivity index (χ0v) is 15.6. The molecule has 2 unspecified atom stereocenters. The van der Waals surface area contributed by atoms with Gasteiger partial charge in [-0.3, -0.25) is 14.4 Å². The normalized spacial score (nSPS) is 13.2. The van der Waals surface area contributed by atoms with E-state index in [1.807, 2.05) is 13.8 Å². The Morgan fingerprint density at radius 3 is 2.59 bits per heavy atom. The Morgan fingerprint density at radius 2 is 1.96 bits per heavy atom. The summed E-state index contributed by atoms with van der Waals surface area (Å²) in [6, 6.07) is 5.03. The Balaban J connectivity index is 2.19. The van der Waals surface area contributed by atoms with Crippen LogP contribution >= 0.6 is 0 Å². The molecule has 2 aromatic rings. The number of nitrogens with zero attached hydrogens (tertiary/aromatic N) is 1. The second-order valence-electron chi connectivity index (χ2n) is 6.56. The maximum absolute atomic E-state index is 13.4. The van der Waals surface area contributed by atoms with Crippen molar-refractivity contribution in [3.63, 3.8) is 0 Å². The molecule has 0 fully saturated rings. The van der Waals surface area contributed by atoms with Gasteiger partial charge in [0.15, 0.2) is 0 Å². The summed E-state index contributed by atoms with van der Waals surface area (Å²) in [6.45, 7) is 3.72. The van der Waals surface area contributed by atoms with Crippen LogP contribution in [0.3, 0.4) is 0 Å². The van der Waals surface area contributed by atoms with E-state index in [-0.39, 0.29) is 18.9 Å². The van der Waals surface area contributed by atoms with Crippen LogP contribution in [0, 0.1) is 11.7 Å².